The first-order chi connectivity index (χ1) is 13.1. The van der Waals surface area contributed by atoms with Gasteiger partial charge in [-0.1, -0.05) is 42.8 Å². The van der Waals surface area contributed by atoms with Crippen LogP contribution in [0.3, 0.4) is 0 Å². The number of aromatic nitrogens is 1. The van der Waals surface area contributed by atoms with Gasteiger partial charge in [0.05, 0.1) is 0 Å². The number of carbonyl (C=O) groups excluding carboxylic acids is 2. The molecule has 0 bridgehead atoms. The molecule has 1 atom stereocenters. The van der Waals surface area contributed by atoms with Crippen LogP contribution in [-0.4, -0.2) is 34.3 Å². The van der Waals surface area contributed by atoms with Crippen LogP contribution in [0.25, 0.3) is 0 Å². The Morgan fingerprint density at radius 1 is 1.15 bits per heavy atom. The van der Waals surface area contributed by atoms with Crippen LogP contribution < -0.4 is 5.32 Å². The molecule has 2 amide bonds. The first-order valence-electron chi connectivity index (χ1n) is 9.39. The summed E-state index contributed by atoms with van der Waals surface area (Å²) < 4.78 is 0. The van der Waals surface area contributed by atoms with Crippen LogP contribution in [-0.2, 0) is 6.54 Å². The fraction of sp³-hybridized carbons (Fsp3) is 0.381. The van der Waals surface area contributed by atoms with Gasteiger partial charge in [-0.25, -0.2) is 4.98 Å². The average molecular weight is 386 g/mol. The molecule has 1 aliphatic rings. The van der Waals surface area contributed by atoms with Gasteiger partial charge in [-0.2, -0.15) is 0 Å². The highest BCUT2D eigenvalue weighted by atomic mass is 35.5. The molecule has 0 radical (unpaired) electrons. The molecule has 1 aromatic carbocycles. The molecule has 1 unspecified atom stereocenters. The summed E-state index contributed by atoms with van der Waals surface area (Å²) >= 11 is 6.12. The SMILES string of the molecule is CCC1CCCCN1C(=O)c1cccc(C(=O)NCc2ccccc2Cl)n1. The maximum atomic E-state index is 12.9. The van der Waals surface area contributed by atoms with E-state index in [-0.39, 0.29) is 23.6 Å². The molecular formula is C21H24ClN3O2. The van der Waals surface area contributed by atoms with Crippen molar-refractivity contribution < 1.29 is 9.59 Å². The van der Waals surface area contributed by atoms with E-state index >= 15 is 0 Å². The van der Waals surface area contributed by atoms with Gasteiger partial charge >= 0.3 is 0 Å². The highest BCUT2D eigenvalue weighted by Gasteiger charge is 2.27. The minimum Gasteiger partial charge on any atom is -0.347 e. The number of piperidine rings is 1. The van der Waals surface area contributed by atoms with E-state index in [2.05, 4.69) is 17.2 Å². The Morgan fingerprint density at radius 2 is 1.93 bits per heavy atom. The molecule has 6 heteroatoms. The first-order valence-corrected chi connectivity index (χ1v) is 9.77. The molecule has 27 heavy (non-hydrogen) atoms. The molecule has 1 aromatic heterocycles. The molecule has 2 aromatic rings. The van der Waals surface area contributed by atoms with Crippen molar-refractivity contribution in [3.63, 3.8) is 0 Å². The monoisotopic (exact) mass is 385 g/mol. The number of pyridine rings is 1. The van der Waals surface area contributed by atoms with E-state index in [1.54, 1.807) is 24.3 Å². The summed E-state index contributed by atoms with van der Waals surface area (Å²) in [5.41, 5.74) is 1.39. The molecule has 1 aliphatic heterocycles. The lowest BCUT2D eigenvalue weighted by Gasteiger charge is -2.35. The van der Waals surface area contributed by atoms with Crippen molar-refractivity contribution >= 4 is 23.4 Å². The van der Waals surface area contributed by atoms with E-state index < -0.39 is 0 Å². The number of nitrogens with zero attached hydrogens (tertiary/aromatic N) is 2. The Kier molecular flexibility index (Phi) is 6.45. The number of hydrogen-bond acceptors (Lipinski definition) is 3. The predicted octanol–water partition coefficient (Wildman–Crippen LogP) is 4.07. The van der Waals surface area contributed by atoms with Gasteiger partial charge in [0.25, 0.3) is 11.8 Å². The average Bonchev–Trinajstić information content (AvgIpc) is 2.72. The second-order valence-electron chi connectivity index (χ2n) is 6.74. The van der Waals surface area contributed by atoms with Gasteiger partial charge in [0, 0.05) is 24.2 Å². The highest BCUT2D eigenvalue weighted by Crippen LogP contribution is 2.21. The van der Waals surface area contributed by atoms with Crippen molar-refractivity contribution in [2.45, 2.75) is 45.2 Å². The zero-order valence-electron chi connectivity index (χ0n) is 15.5. The number of benzene rings is 1. The Hall–Kier alpha value is -2.40. The lowest BCUT2D eigenvalue weighted by molar-refractivity contribution is 0.0602. The Bertz CT molecular complexity index is 825. The van der Waals surface area contributed by atoms with Crippen LogP contribution in [0.15, 0.2) is 42.5 Å². The van der Waals surface area contributed by atoms with Crippen LogP contribution >= 0.6 is 11.6 Å². The normalized spacial score (nSPS) is 16.8. The van der Waals surface area contributed by atoms with E-state index in [1.807, 2.05) is 23.1 Å². The molecule has 1 N–H and O–H groups in total. The lowest BCUT2D eigenvalue weighted by atomic mass is 9.99. The van der Waals surface area contributed by atoms with Crippen molar-refractivity contribution in [2.24, 2.45) is 0 Å². The molecule has 0 saturated carbocycles. The summed E-state index contributed by atoms with van der Waals surface area (Å²) in [6.45, 7) is 3.16. The number of carbonyl (C=O) groups is 2. The first kappa shape index (κ1) is 19.4. The maximum absolute atomic E-state index is 12.9. The second-order valence-corrected chi connectivity index (χ2v) is 7.15. The van der Waals surface area contributed by atoms with Gasteiger partial charge < -0.3 is 10.2 Å². The summed E-state index contributed by atoms with van der Waals surface area (Å²) in [6, 6.07) is 12.6. The fourth-order valence-corrected chi connectivity index (χ4v) is 3.63. The summed E-state index contributed by atoms with van der Waals surface area (Å²) in [4.78, 5) is 31.6. The van der Waals surface area contributed by atoms with Crippen molar-refractivity contribution in [1.29, 1.82) is 0 Å². The third kappa shape index (κ3) is 4.66. The van der Waals surface area contributed by atoms with Gasteiger partial charge in [0.15, 0.2) is 0 Å². The number of likely N-dealkylation sites (tertiary alicyclic amines) is 1. The molecular weight excluding hydrogens is 362 g/mol. The van der Waals surface area contributed by atoms with Gasteiger partial charge in [-0.3, -0.25) is 9.59 Å². The van der Waals surface area contributed by atoms with E-state index in [4.69, 9.17) is 11.6 Å². The highest BCUT2D eigenvalue weighted by molar-refractivity contribution is 6.31. The predicted molar refractivity (Wildman–Crippen MR) is 106 cm³/mol. The van der Waals surface area contributed by atoms with E-state index in [1.165, 1.54) is 0 Å². The van der Waals surface area contributed by atoms with Crippen LogP contribution in [0.1, 0.15) is 59.1 Å². The molecule has 5 nitrogen and oxygen atoms in total. The summed E-state index contributed by atoms with van der Waals surface area (Å²) in [6.07, 6.45) is 4.13. The van der Waals surface area contributed by atoms with Crippen molar-refractivity contribution in [3.05, 3.63) is 64.4 Å². The number of halogens is 1. The summed E-state index contributed by atoms with van der Waals surface area (Å²) in [5, 5.41) is 3.41. The van der Waals surface area contributed by atoms with Crippen LogP contribution in [0.2, 0.25) is 5.02 Å². The largest absolute Gasteiger partial charge is 0.347 e. The zero-order chi connectivity index (χ0) is 19.2. The van der Waals surface area contributed by atoms with Gasteiger partial charge in [-0.15, -0.1) is 0 Å². The zero-order valence-corrected chi connectivity index (χ0v) is 16.2. The third-order valence-electron chi connectivity index (χ3n) is 4.96. The maximum Gasteiger partial charge on any atom is 0.272 e. The second kappa shape index (κ2) is 9.00. The minimum atomic E-state index is -0.324. The molecule has 1 fully saturated rings. The fourth-order valence-electron chi connectivity index (χ4n) is 3.43. The standard InChI is InChI=1S/C21H24ClN3O2/c1-2-16-9-5-6-13-25(16)21(27)19-12-7-11-18(24-19)20(26)23-14-15-8-3-4-10-17(15)22/h3-4,7-8,10-12,16H,2,5-6,9,13-14H2,1H3,(H,23,26). The van der Waals surface area contributed by atoms with E-state index in [9.17, 15) is 9.59 Å². The summed E-state index contributed by atoms with van der Waals surface area (Å²) in [7, 11) is 0. The molecule has 3 rings (SSSR count). The Balaban J connectivity index is 1.70. The van der Waals surface area contributed by atoms with Crippen LogP contribution in [0, 0.1) is 0 Å². The van der Waals surface area contributed by atoms with Crippen LogP contribution in [0.4, 0.5) is 0 Å². The smallest absolute Gasteiger partial charge is 0.272 e. The van der Waals surface area contributed by atoms with E-state index in [0.29, 0.717) is 17.3 Å². The van der Waals surface area contributed by atoms with Gasteiger partial charge in [0.1, 0.15) is 11.4 Å². The van der Waals surface area contributed by atoms with Crippen molar-refractivity contribution in [3.8, 4) is 0 Å². The van der Waals surface area contributed by atoms with Crippen LogP contribution in [0.5, 0.6) is 0 Å². The molecule has 0 aliphatic carbocycles. The quantitative estimate of drug-likeness (QED) is 0.843. The Morgan fingerprint density at radius 3 is 2.70 bits per heavy atom. The lowest BCUT2D eigenvalue weighted by Crippen LogP contribution is -2.43. The number of nitrogens with one attached hydrogen (secondary N) is 1. The Labute approximate surface area is 164 Å². The molecule has 0 spiro atoms. The van der Waals surface area contributed by atoms with Gasteiger partial charge in [0.2, 0.25) is 0 Å². The number of rotatable bonds is 5. The topological polar surface area (TPSA) is 62.3 Å². The number of hydrogen-bond donors (Lipinski definition) is 1. The number of amides is 2. The summed E-state index contributed by atoms with van der Waals surface area (Å²) in [5.74, 6) is -0.419. The third-order valence-corrected chi connectivity index (χ3v) is 5.33. The van der Waals surface area contributed by atoms with E-state index in [0.717, 1.165) is 37.8 Å². The molecule has 2 heterocycles. The van der Waals surface area contributed by atoms with Gasteiger partial charge in [-0.05, 0) is 49.4 Å². The van der Waals surface area contributed by atoms with Crippen molar-refractivity contribution in [1.82, 2.24) is 15.2 Å². The molecule has 142 valence electrons. The minimum absolute atomic E-state index is 0.0951. The van der Waals surface area contributed by atoms with Crippen molar-refractivity contribution in [2.75, 3.05) is 6.54 Å². The molecule has 1 saturated heterocycles.